The minimum atomic E-state index is -0.00987. The molecule has 7 nitrogen and oxygen atoms in total. The van der Waals surface area contributed by atoms with Gasteiger partial charge in [0.25, 0.3) is 0 Å². The van der Waals surface area contributed by atoms with Crippen molar-refractivity contribution < 1.29 is 4.74 Å². The monoisotopic (exact) mass is 296 g/mol. The fourth-order valence-electron chi connectivity index (χ4n) is 1.39. The second kappa shape index (κ2) is 7.40. The molecule has 1 heterocycles. The molecule has 21 heavy (non-hydrogen) atoms. The van der Waals surface area contributed by atoms with Gasteiger partial charge < -0.3 is 20.3 Å². The highest BCUT2D eigenvalue weighted by molar-refractivity contribution is 5.36. The Morgan fingerprint density at radius 3 is 2.14 bits per heavy atom. The van der Waals surface area contributed by atoms with E-state index in [-0.39, 0.29) is 11.6 Å². The molecule has 1 aromatic rings. The van der Waals surface area contributed by atoms with E-state index in [1.54, 1.807) is 0 Å². The van der Waals surface area contributed by atoms with Gasteiger partial charge in [-0.1, -0.05) is 0 Å². The van der Waals surface area contributed by atoms with Crippen LogP contribution < -0.4 is 15.4 Å². The van der Waals surface area contributed by atoms with Crippen molar-refractivity contribution in [3.63, 3.8) is 0 Å². The molecule has 0 radical (unpaired) electrons. The van der Waals surface area contributed by atoms with Gasteiger partial charge in [0.2, 0.25) is 11.9 Å². The first-order valence-electron chi connectivity index (χ1n) is 7.32. The van der Waals surface area contributed by atoms with Crippen molar-refractivity contribution in [3.8, 4) is 6.01 Å². The van der Waals surface area contributed by atoms with Gasteiger partial charge in [0.1, 0.15) is 0 Å². The van der Waals surface area contributed by atoms with Crippen molar-refractivity contribution in [2.75, 3.05) is 37.8 Å². The smallest absolute Gasteiger partial charge is 0.323 e. The molecule has 0 atom stereocenters. The van der Waals surface area contributed by atoms with E-state index in [4.69, 9.17) is 4.74 Å². The van der Waals surface area contributed by atoms with Crippen LogP contribution in [0.1, 0.15) is 34.6 Å². The van der Waals surface area contributed by atoms with Crippen LogP contribution in [0.4, 0.5) is 11.9 Å². The number of likely N-dealkylation sites (N-methyl/N-ethyl adjacent to an activating group) is 1. The third-order valence-corrected chi connectivity index (χ3v) is 3.18. The Morgan fingerprint density at radius 1 is 1.10 bits per heavy atom. The van der Waals surface area contributed by atoms with Crippen LogP contribution in [0, 0.1) is 0 Å². The van der Waals surface area contributed by atoms with E-state index in [1.165, 1.54) is 0 Å². The standard InChI is InChI=1S/C14H28N6O/c1-8-15-11-17-12(16-9-14(4,5)20(6)7)19-13(18-11)21-10(2)3/h10H,8-9H2,1-7H3,(H2,15,16,17,18,19). The summed E-state index contributed by atoms with van der Waals surface area (Å²) in [6, 6.07) is 0.334. The van der Waals surface area contributed by atoms with E-state index in [0.29, 0.717) is 17.9 Å². The maximum absolute atomic E-state index is 5.57. The fourth-order valence-corrected chi connectivity index (χ4v) is 1.39. The lowest BCUT2D eigenvalue weighted by atomic mass is 10.1. The summed E-state index contributed by atoms with van der Waals surface area (Å²) in [7, 11) is 4.10. The van der Waals surface area contributed by atoms with Gasteiger partial charge in [-0.2, -0.15) is 15.0 Å². The number of ether oxygens (including phenoxy) is 1. The van der Waals surface area contributed by atoms with E-state index >= 15 is 0 Å². The first-order chi connectivity index (χ1) is 9.74. The Bertz CT molecular complexity index is 447. The SMILES string of the molecule is CCNc1nc(NCC(C)(C)N(C)C)nc(OC(C)C)n1. The number of nitrogens with one attached hydrogen (secondary N) is 2. The van der Waals surface area contributed by atoms with E-state index in [9.17, 15) is 0 Å². The molecule has 0 unspecified atom stereocenters. The van der Waals surface area contributed by atoms with Crippen LogP contribution in [0.3, 0.4) is 0 Å². The molecule has 0 spiro atoms. The molecule has 0 aliphatic heterocycles. The molecule has 0 aliphatic carbocycles. The quantitative estimate of drug-likeness (QED) is 0.758. The molecule has 0 aromatic carbocycles. The summed E-state index contributed by atoms with van der Waals surface area (Å²) in [5, 5.41) is 6.34. The summed E-state index contributed by atoms with van der Waals surface area (Å²) in [5.41, 5.74) is -0.00987. The summed E-state index contributed by atoms with van der Waals surface area (Å²) < 4.78 is 5.57. The van der Waals surface area contributed by atoms with Crippen LogP contribution in [0.2, 0.25) is 0 Å². The van der Waals surface area contributed by atoms with E-state index in [0.717, 1.165) is 13.1 Å². The second-order valence-electron chi connectivity index (χ2n) is 6.02. The van der Waals surface area contributed by atoms with Gasteiger partial charge >= 0.3 is 6.01 Å². The van der Waals surface area contributed by atoms with Crippen molar-refractivity contribution in [3.05, 3.63) is 0 Å². The first-order valence-corrected chi connectivity index (χ1v) is 7.32. The minimum absolute atomic E-state index is 0.00987. The molecule has 0 saturated carbocycles. The van der Waals surface area contributed by atoms with Gasteiger partial charge in [-0.3, -0.25) is 0 Å². The number of hydrogen-bond acceptors (Lipinski definition) is 7. The molecule has 0 aliphatic rings. The molecule has 0 fully saturated rings. The van der Waals surface area contributed by atoms with E-state index < -0.39 is 0 Å². The molecule has 7 heteroatoms. The minimum Gasteiger partial charge on any atom is -0.461 e. The van der Waals surface area contributed by atoms with Gasteiger partial charge in [-0.15, -0.1) is 0 Å². The Labute approximate surface area is 127 Å². The number of aromatic nitrogens is 3. The lowest BCUT2D eigenvalue weighted by molar-refractivity contribution is 0.209. The largest absolute Gasteiger partial charge is 0.461 e. The molecule has 0 bridgehead atoms. The van der Waals surface area contributed by atoms with Crippen molar-refractivity contribution in [1.82, 2.24) is 19.9 Å². The zero-order chi connectivity index (χ0) is 16.0. The zero-order valence-corrected chi connectivity index (χ0v) is 14.2. The first kappa shape index (κ1) is 17.4. The highest BCUT2D eigenvalue weighted by atomic mass is 16.5. The van der Waals surface area contributed by atoms with E-state index in [1.807, 2.05) is 34.9 Å². The third-order valence-electron chi connectivity index (χ3n) is 3.18. The topological polar surface area (TPSA) is 75.2 Å². The molecule has 1 aromatic heterocycles. The summed E-state index contributed by atoms with van der Waals surface area (Å²) in [6.45, 7) is 11.6. The van der Waals surface area contributed by atoms with Gasteiger partial charge in [0.15, 0.2) is 0 Å². The molecule has 2 N–H and O–H groups in total. The molecule has 0 amide bonds. The van der Waals surface area contributed by atoms with Crippen molar-refractivity contribution in [2.45, 2.75) is 46.3 Å². The average Bonchev–Trinajstić information content (AvgIpc) is 2.35. The lowest BCUT2D eigenvalue weighted by Crippen LogP contribution is -2.44. The number of anilines is 2. The fraction of sp³-hybridized carbons (Fsp3) is 0.786. The summed E-state index contributed by atoms with van der Waals surface area (Å²) >= 11 is 0. The Kier molecular flexibility index (Phi) is 6.14. The maximum Gasteiger partial charge on any atom is 0.323 e. The predicted octanol–water partition coefficient (Wildman–Crippen LogP) is 1.84. The molecular formula is C14H28N6O. The Morgan fingerprint density at radius 2 is 1.67 bits per heavy atom. The van der Waals surface area contributed by atoms with Gasteiger partial charge in [-0.25, -0.2) is 0 Å². The normalized spacial score (nSPS) is 11.9. The van der Waals surface area contributed by atoms with Crippen LogP contribution in [0.25, 0.3) is 0 Å². The Balaban J connectivity index is 2.87. The number of rotatable bonds is 8. The van der Waals surface area contributed by atoms with Crippen LogP contribution in [-0.2, 0) is 0 Å². The summed E-state index contributed by atoms with van der Waals surface area (Å²) in [6.07, 6.45) is 0.0212. The zero-order valence-electron chi connectivity index (χ0n) is 14.2. The van der Waals surface area contributed by atoms with Crippen LogP contribution in [0.5, 0.6) is 6.01 Å². The molecule has 0 saturated heterocycles. The molecule has 120 valence electrons. The van der Waals surface area contributed by atoms with Crippen LogP contribution >= 0.6 is 0 Å². The highest BCUT2D eigenvalue weighted by Crippen LogP contribution is 2.15. The van der Waals surface area contributed by atoms with Crippen LogP contribution in [0.15, 0.2) is 0 Å². The predicted molar refractivity (Wildman–Crippen MR) is 86.0 cm³/mol. The van der Waals surface area contributed by atoms with Gasteiger partial charge in [-0.05, 0) is 48.7 Å². The second-order valence-corrected chi connectivity index (χ2v) is 6.02. The number of hydrogen-bond donors (Lipinski definition) is 2. The lowest BCUT2D eigenvalue weighted by Gasteiger charge is -2.32. The molecule has 1 rings (SSSR count). The third kappa shape index (κ3) is 5.71. The molecular weight excluding hydrogens is 268 g/mol. The van der Waals surface area contributed by atoms with Crippen molar-refractivity contribution in [1.29, 1.82) is 0 Å². The van der Waals surface area contributed by atoms with Crippen LogP contribution in [-0.4, -0.2) is 58.7 Å². The summed E-state index contributed by atoms with van der Waals surface area (Å²) in [5.74, 6) is 1.04. The van der Waals surface area contributed by atoms with E-state index in [2.05, 4.69) is 44.3 Å². The van der Waals surface area contributed by atoms with Crippen molar-refractivity contribution in [2.24, 2.45) is 0 Å². The van der Waals surface area contributed by atoms with Crippen molar-refractivity contribution >= 4 is 11.9 Å². The number of nitrogens with zero attached hydrogens (tertiary/aromatic N) is 4. The highest BCUT2D eigenvalue weighted by Gasteiger charge is 2.21. The maximum atomic E-state index is 5.57. The average molecular weight is 296 g/mol. The summed E-state index contributed by atoms with van der Waals surface area (Å²) in [4.78, 5) is 15.0. The van der Waals surface area contributed by atoms with Gasteiger partial charge in [0, 0.05) is 18.6 Å². The van der Waals surface area contributed by atoms with Gasteiger partial charge in [0.05, 0.1) is 6.10 Å². The Hall–Kier alpha value is -1.63.